The Morgan fingerprint density at radius 1 is 1.20 bits per heavy atom. The van der Waals surface area contributed by atoms with Crippen LogP contribution in [0.2, 0.25) is 14.8 Å². The first-order chi connectivity index (χ1) is 6.60. The van der Waals surface area contributed by atoms with E-state index in [1.807, 2.05) is 14.8 Å². The maximum absolute atomic E-state index is 12.5. The van der Waals surface area contributed by atoms with Gasteiger partial charge in [0.25, 0.3) is 0 Å². The SMILES string of the molecule is [CH3][Sn]([CH3])([CH3])[c]1cc(C(F)(F)F)cc(N)n1. The predicted octanol–water partition coefficient (Wildman–Crippen LogP) is 2.23. The molecule has 15 heavy (non-hydrogen) atoms. The maximum atomic E-state index is 12.5. The second-order valence-corrected chi connectivity index (χ2v) is 18.7. The van der Waals surface area contributed by atoms with Gasteiger partial charge in [-0.3, -0.25) is 0 Å². The molecule has 6 heteroatoms. The minimum atomic E-state index is -4.34. The van der Waals surface area contributed by atoms with Gasteiger partial charge in [0.1, 0.15) is 0 Å². The van der Waals surface area contributed by atoms with Gasteiger partial charge < -0.3 is 0 Å². The fourth-order valence-corrected chi connectivity index (χ4v) is 4.11. The number of anilines is 1. The van der Waals surface area contributed by atoms with Gasteiger partial charge in [-0.25, -0.2) is 0 Å². The zero-order chi connectivity index (χ0) is 11.9. The van der Waals surface area contributed by atoms with Crippen LogP contribution in [0.3, 0.4) is 0 Å². The van der Waals surface area contributed by atoms with Crippen molar-refractivity contribution in [2.75, 3.05) is 5.73 Å². The normalized spacial score (nSPS) is 12.9. The summed E-state index contributed by atoms with van der Waals surface area (Å²) in [5.41, 5.74) is 4.68. The van der Waals surface area contributed by atoms with Crippen molar-refractivity contribution in [2.24, 2.45) is 0 Å². The summed E-state index contributed by atoms with van der Waals surface area (Å²) in [6, 6.07) is 2.01. The van der Waals surface area contributed by atoms with E-state index in [1.165, 1.54) is 0 Å². The summed E-state index contributed by atoms with van der Waals surface area (Å²) in [4.78, 5) is 9.98. The van der Waals surface area contributed by atoms with Crippen molar-refractivity contribution in [2.45, 2.75) is 21.0 Å². The van der Waals surface area contributed by atoms with Crippen molar-refractivity contribution < 1.29 is 13.2 Å². The molecule has 0 aliphatic heterocycles. The van der Waals surface area contributed by atoms with Gasteiger partial charge in [-0.1, -0.05) is 0 Å². The number of halogens is 3. The number of rotatable bonds is 1. The number of aromatic nitrogens is 1. The molecule has 0 saturated carbocycles. The number of nitrogen functional groups attached to an aromatic ring is 1. The molecule has 0 aliphatic rings. The van der Waals surface area contributed by atoms with Crippen molar-refractivity contribution in [3.05, 3.63) is 17.7 Å². The molecule has 84 valence electrons. The summed E-state index contributed by atoms with van der Waals surface area (Å²) in [7, 11) is 0. The monoisotopic (exact) mass is 326 g/mol. The number of nitrogens with zero attached hydrogens (tertiary/aromatic N) is 1. The van der Waals surface area contributed by atoms with Crippen LogP contribution in [0.15, 0.2) is 12.1 Å². The van der Waals surface area contributed by atoms with E-state index in [4.69, 9.17) is 5.73 Å². The van der Waals surface area contributed by atoms with Gasteiger partial charge in [0.2, 0.25) is 0 Å². The van der Waals surface area contributed by atoms with Gasteiger partial charge >= 0.3 is 90.5 Å². The zero-order valence-electron chi connectivity index (χ0n) is 8.81. The van der Waals surface area contributed by atoms with Gasteiger partial charge in [-0.2, -0.15) is 0 Å². The van der Waals surface area contributed by atoms with E-state index in [1.54, 1.807) is 0 Å². The van der Waals surface area contributed by atoms with Crippen LogP contribution in [0.5, 0.6) is 0 Å². The second-order valence-electron chi connectivity index (χ2n) is 4.41. The Balaban J connectivity index is 3.30. The molecule has 0 bridgehead atoms. The third-order valence-corrected chi connectivity index (χ3v) is 7.06. The molecule has 1 rings (SSSR count). The average Bonchev–Trinajstić information content (AvgIpc) is 1.99. The Hall–Kier alpha value is -0.461. The van der Waals surface area contributed by atoms with E-state index in [2.05, 4.69) is 4.98 Å². The molecule has 1 heterocycles. The predicted molar refractivity (Wildman–Crippen MR) is 56.6 cm³/mol. The van der Waals surface area contributed by atoms with E-state index >= 15 is 0 Å². The molecule has 0 aliphatic carbocycles. The van der Waals surface area contributed by atoms with Gasteiger partial charge in [-0.05, 0) is 0 Å². The van der Waals surface area contributed by atoms with E-state index < -0.39 is 30.1 Å². The molecule has 0 fully saturated rings. The summed E-state index contributed by atoms with van der Waals surface area (Å²) >= 11 is -2.59. The summed E-state index contributed by atoms with van der Waals surface area (Å²) in [6.45, 7) is 0. The topological polar surface area (TPSA) is 38.9 Å². The average molecular weight is 325 g/mol. The van der Waals surface area contributed by atoms with E-state index in [9.17, 15) is 13.2 Å². The van der Waals surface area contributed by atoms with Crippen molar-refractivity contribution in [3.63, 3.8) is 0 Å². The Morgan fingerprint density at radius 3 is 2.13 bits per heavy atom. The molecule has 1 aromatic heterocycles. The van der Waals surface area contributed by atoms with E-state index in [0.29, 0.717) is 3.71 Å². The van der Waals surface area contributed by atoms with E-state index in [0.717, 1.165) is 12.1 Å². The van der Waals surface area contributed by atoms with Gasteiger partial charge in [0, 0.05) is 0 Å². The molecule has 1 aromatic rings. The third kappa shape index (κ3) is 3.25. The molecule has 0 radical (unpaired) electrons. The molecule has 0 atom stereocenters. The number of pyridine rings is 1. The first-order valence-electron chi connectivity index (χ1n) is 4.46. The molecule has 0 saturated heterocycles. The van der Waals surface area contributed by atoms with Crippen molar-refractivity contribution >= 4 is 27.9 Å². The van der Waals surface area contributed by atoms with Crippen LogP contribution in [-0.4, -0.2) is 23.4 Å². The fraction of sp³-hybridized carbons (Fsp3) is 0.444. The second kappa shape index (κ2) is 3.84. The van der Waals surface area contributed by atoms with Gasteiger partial charge in [0.15, 0.2) is 0 Å². The Kier molecular flexibility index (Phi) is 3.23. The van der Waals surface area contributed by atoms with Gasteiger partial charge in [0.05, 0.1) is 0 Å². The molecule has 0 spiro atoms. The van der Waals surface area contributed by atoms with Crippen molar-refractivity contribution in [3.8, 4) is 0 Å². The summed E-state index contributed by atoms with van der Waals surface area (Å²) < 4.78 is 38.0. The van der Waals surface area contributed by atoms with Crippen LogP contribution in [0.25, 0.3) is 0 Å². The fourth-order valence-electron chi connectivity index (χ4n) is 1.10. The van der Waals surface area contributed by atoms with E-state index in [-0.39, 0.29) is 5.82 Å². The standard InChI is InChI=1S/C6H4F3N2.3CH3.Sn/c7-6(8,9)4-1-2-11-5(10)3-4;;;;/h1,3H,(H2,10,11);3*1H3;. The molecule has 2 nitrogen and oxygen atoms in total. The number of alkyl halides is 3. The molecular formula is C9H13F3N2Sn. The zero-order valence-corrected chi connectivity index (χ0v) is 11.7. The minimum absolute atomic E-state index is 0.0496. The van der Waals surface area contributed by atoms with Crippen LogP contribution >= 0.6 is 0 Å². The Bertz CT molecular complexity index is 336. The quantitative estimate of drug-likeness (QED) is 0.805. The number of hydrogen-bond acceptors (Lipinski definition) is 2. The van der Waals surface area contributed by atoms with Crippen LogP contribution in [-0.2, 0) is 6.18 Å². The van der Waals surface area contributed by atoms with Crippen molar-refractivity contribution in [1.82, 2.24) is 4.98 Å². The number of hydrogen-bond donors (Lipinski definition) is 1. The summed E-state index contributed by atoms with van der Waals surface area (Å²) in [5, 5.41) is 0. The Morgan fingerprint density at radius 2 is 1.73 bits per heavy atom. The first-order valence-corrected chi connectivity index (χ1v) is 14.4. The molecule has 0 amide bonds. The molecule has 2 N–H and O–H groups in total. The molecule has 0 unspecified atom stereocenters. The van der Waals surface area contributed by atoms with Crippen LogP contribution in [0.4, 0.5) is 19.0 Å². The van der Waals surface area contributed by atoms with Crippen LogP contribution in [0, 0.1) is 0 Å². The van der Waals surface area contributed by atoms with Crippen molar-refractivity contribution in [1.29, 1.82) is 0 Å². The summed E-state index contributed by atoms with van der Waals surface area (Å²) in [5.74, 6) is -0.0496. The summed E-state index contributed by atoms with van der Waals surface area (Å²) in [6.07, 6.45) is -4.34. The molecule has 0 aromatic carbocycles. The first kappa shape index (κ1) is 12.6. The van der Waals surface area contributed by atoms with Gasteiger partial charge in [-0.15, -0.1) is 0 Å². The van der Waals surface area contributed by atoms with Crippen LogP contribution in [0.1, 0.15) is 5.56 Å². The van der Waals surface area contributed by atoms with Crippen LogP contribution < -0.4 is 9.44 Å². The number of nitrogens with two attached hydrogens (primary N) is 1. The Labute approximate surface area is 90.6 Å². The molecular weight excluding hydrogens is 312 g/mol. The third-order valence-electron chi connectivity index (χ3n) is 1.94.